The van der Waals surface area contributed by atoms with Crippen molar-refractivity contribution in [2.24, 2.45) is 0 Å². The van der Waals surface area contributed by atoms with Crippen molar-refractivity contribution >= 4 is 49.2 Å². The monoisotopic (exact) mass is 411 g/mol. The lowest BCUT2D eigenvalue weighted by Gasteiger charge is -2.51. The zero-order valence-corrected chi connectivity index (χ0v) is 15.2. The molecule has 0 amide bonds. The Morgan fingerprint density at radius 1 is 1.35 bits per heavy atom. The summed E-state index contributed by atoms with van der Waals surface area (Å²) < 4.78 is 6.65. The van der Waals surface area contributed by atoms with Crippen LogP contribution in [0, 0.1) is 0 Å². The Morgan fingerprint density at radius 2 is 2.23 bits per heavy atom. The number of aromatic nitrogens is 2. The highest BCUT2D eigenvalue weighted by molar-refractivity contribution is 9.12. The Balaban J connectivity index is 1.82. The Bertz CT molecular complexity index is 1200. The predicted molar refractivity (Wildman–Crippen MR) is 101 cm³/mol. The quantitative estimate of drug-likeness (QED) is 0.593. The highest BCUT2D eigenvalue weighted by atomic mass is 79.9. The Labute approximate surface area is 156 Å². The molecule has 3 aromatic rings. The van der Waals surface area contributed by atoms with Crippen LogP contribution in [0.15, 0.2) is 33.8 Å². The van der Waals surface area contributed by atoms with Gasteiger partial charge in [-0.05, 0) is 28.4 Å². The number of carbonyl (C=O) groups is 1. The van der Waals surface area contributed by atoms with E-state index in [0.717, 1.165) is 28.3 Å². The van der Waals surface area contributed by atoms with Gasteiger partial charge < -0.3 is 15.0 Å². The van der Waals surface area contributed by atoms with E-state index in [0.29, 0.717) is 28.7 Å². The number of rotatable bonds is 0. The first-order valence-electron chi connectivity index (χ1n) is 8.64. The molecule has 0 unspecified atom stereocenters. The van der Waals surface area contributed by atoms with Crippen LogP contribution in [0.3, 0.4) is 0 Å². The van der Waals surface area contributed by atoms with Gasteiger partial charge in [-0.1, -0.05) is 6.08 Å². The van der Waals surface area contributed by atoms with Crippen molar-refractivity contribution in [1.82, 2.24) is 9.97 Å². The number of aromatic amines is 1. The lowest BCUT2D eigenvalue weighted by molar-refractivity contribution is -0.122. The molecule has 1 aliphatic carbocycles. The topological polar surface area (TPSA) is 84.1 Å². The highest BCUT2D eigenvalue weighted by Crippen LogP contribution is 2.52. The number of allylic oxidation sites excluding steroid dienone is 1. The lowest BCUT2D eigenvalue weighted by Crippen LogP contribution is -2.57. The Hall–Kier alpha value is -2.25. The predicted octanol–water partition coefficient (Wildman–Crippen LogP) is 2.59. The lowest BCUT2D eigenvalue weighted by atomic mass is 9.63. The maximum absolute atomic E-state index is 13.2. The van der Waals surface area contributed by atoms with Gasteiger partial charge in [0.15, 0.2) is 5.78 Å². The number of nitrogens with zero attached hydrogens (tertiary/aromatic N) is 1. The molecule has 130 valence electrons. The van der Waals surface area contributed by atoms with Gasteiger partial charge in [-0.15, -0.1) is 0 Å². The van der Waals surface area contributed by atoms with Crippen LogP contribution in [0.1, 0.15) is 18.4 Å². The number of carbonyl (C=O) groups excluding carboxylic acids is 1. The number of benzene rings is 1. The first kappa shape index (κ1) is 14.9. The van der Waals surface area contributed by atoms with E-state index in [1.165, 1.54) is 0 Å². The minimum absolute atomic E-state index is 0.0365. The summed E-state index contributed by atoms with van der Waals surface area (Å²) in [7, 11) is 0. The molecular weight excluding hydrogens is 398 g/mol. The van der Waals surface area contributed by atoms with Gasteiger partial charge in [-0.25, -0.2) is 0 Å². The highest BCUT2D eigenvalue weighted by Gasteiger charge is 2.53. The number of H-pyrrole nitrogens is 1. The molecule has 1 fully saturated rings. The van der Waals surface area contributed by atoms with Gasteiger partial charge in [0.1, 0.15) is 5.52 Å². The van der Waals surface area contributed by atoms with E-state index in [-0.39, 0.29) is 23.4 Å². The van der Waals surface area contributed by atoms with Crippen LogP contribution in [0.25, 0.3) is 21.8 Å². The van der Waals surface area contributed by atoms with E-state index in [1.54, 1.807) is 6.20 Å². The minimum Gasteiger partial charge on any atom is -0.376 e. The van der Waals surface area contributed by atoms with E-state index in [2.05, 4.69) is 31.2 Å². The van der Waals surface area contributed by atoms with Crippen LogP contribution in [-0.2, 0) is 14.9 Å². The fraction of sp³-hybridized carbons (Fsp3) is 0.316. The first-order chi connectivity index (χ1) is 12.6. The van der Waals surface area contributed by atoms with E-state index in [4.69, 9.17) is 4.74 Å². The molecule has 1 aromatic carbocycles. The van der Waals surface area contributed by atoms with Crippen LogP contribution in [0.5, 0.6) is 0 Å². The summed E-state index contributed by atoms with van der Waals surface area (Å²) in [6.45, 7) is 0.491. The number of Topliss-reactive ketones (excluding diaryl/α,β-unsaturated/α-hetero) is 1. The van der Waals surface area contributed by atoms with Gasteiger partial charge in [0.05, 0.1) is 34.4 Å². The minimum atomic E-state index is -0.508. The van der Waals surface area contributed by atoms with Gasteiger partial charge in [-0.2, -0.15) is 0 Å². The van der Waals surface area contributed by atoms with E-state index >= 15 is 0 Å². The van der Waals surface area contributed by atoms with E-state index in [9.17, 15) is 9.59 Å². The fourth-order valence-electron chi connectivity index (χ4n) is 4.98. The second-order valence-electron chi connectivity index (χ2n) is 7.40. The summed E-state index contributed by atoms with van der Waals surface area (Å²) >= 11 is 3.43. The summed E-state index contributed by atoms with van der Waals surface area (Å²) in [4.78, 5) is 33.2. The number of pyridine rings is 1. The molecule has 3 atom stereocenters. The van der Waals surface area contributed by atoms with Crippen molar-refractivity contribution in [1.29, 1.82) is 0 Å². The van der Waals surface area contributed by atoms with Gasteiger partial charge in [0, 0.05) is 40.6 Å². The van der Waals surface area contributed by atoms with Crippen LogP contribution >= 0.6 is 15.9 Å². The number of ketones is 1. The van der Waals surface area contributed by atoms with Crippen molar-refractivity contribution < 1.29 is 9.53 Å². The summed E-state index contributed by atoms with van der Waals surface area (Å²) in [6, 6.07) is 1.96. The number of hydrogen-bond acceptors (Lipinski definition) is 5. The SMILES string of the molecule is O=C1C[C@H]2OC[C@@H]3C[C@@]2(C=C1Br)c1c(c(=O)c2ncc4cc[nH]c1c42)N3. The third kappa shape index (κ3) is 1.63. The van der Waals surface area contributed by atoms with Gasteiger partial charge in [0.2, 0.25) is 5.43 Å². The Morgan fingerprint density at radius 3 is 3.12 bits per heavy atom. The van der Waals surface area contributed by atoms with Gasteiger partial charge in [0.25, 0.3) is 0 Å². The Kier molecular flexibility index (Phi) is 2.70. The number of halogens is 1. The molecule has 3 aliphatic rings. The van der Waals surface area contributed by atoms with Gasteiger partial charge >= 0.3 is 0 Å². The maximum atomic E-state index is 13.2. The molecule has 0 saturated carbocycles. The van der Waals surface area contributed by atoms with Gasteiger partial charge in [-0.3, -0.25) is 14.6 Å². The zero-order valence-electron chi connectivity index (χ0n) is 13.6. The standard InChI is InChI=1S/C19H14BrN3O3/c20-10-5-19-4-9(7-26-12(19)3-11(10)24)23-17-14(19)15-13-8(1-2-21-15)6-22-16(13)18(17)25/h1-2,5-6,9,12,21,23H,3-4,7H2/t9-,12+,19-/m0/s1. The molecule has 26 heavy (non-hydrogen) atoms. The number of anilines is 1. The largest absolute Gasteiger partial charge is 0.376 e. The van der Waals surface area contributed by atoms with Crippen LogP contribution in [-0.4, -0.2) is 34.5 Å². The summed E-state index contributed by atoms with van der Waals surface area (Å²) in [5, 5.41) is 5.18. The molecule has 2 bridgehead atoms. The van der Waals surface area contributed by atoms with Crippen molar-refractivity contribution in [3.05, 3.63) is 44.8 Å². The molecular formula is C19H14BrN3O3. The zero-order chi connectivity index (χ0) is 17.6. The second kappa shape index (κ2) is 4.72. The molecule has 6 nitrogen and oxygen atoms in total. The number of ether oxygens (including phenoxy) is 1. The molecule has 4 heterocycles. The molecule has 2 aliphatic heterocycles. The average molecular weight is 412 g/mol. The van der Waals surface area contributed by atoms with Crippen LogP contribution in [0.4, 0.5) is 5.69 Å². The van der Waals surface area contributed by atoms with Crippen molar-refractivity contribution in [2.75, 3.05) is 11.9 Å². The second-order valence-corrected chi connectivity index (χ2v) is 8.25. The molecule has 1 spiro atoms. The van der Waals surface area contributed by atoms with Crippen molar-refractivity contribution in [3.63, 3.8) is 0 Å². The molecule has 0 radical (unpaired) electrons. The molecule has 2 N–H and O–H groups in total. The van der Waals surface area contributed by atoms with Crippen molar-refractivity contribution in [3.8, 4) is 0 Å². The summed E-state index contributed by atoms with van der Waals surface area (Å²) in [5.74, 6) is 0.0414. The van der Waals surface area contributed by atoms with E-state index in [1.807, 2.05) is 18.3 Å². The summed E-state index contributed by atoms with van der Waals surface area (Å²) in [5.41, 5.74) is 2.30. The number of hydrogen-bond donors (Lipinski definition) is 2. The van der Waals surface area contributed by atoms with Crippen molar-refractivity contribution in [2.45, 2.75) is 30.4 Å². The maximum Gasteiger partial charge on any atom is 0.228 e. The molecule has 6 rings (SSSR count). The number of fused-ring (bicyclic) bond motifs is 3. The van der Waals surface area contributed by atoms with Crippen LogP contribution < -0.4 is 10.7 Å². The normalized spacial score (nSPS) is 30.0. The third-order valence-corrected chi connectivity index (χ3v) is 6.70. The summed E-state index contributed by atoms with van der Waals surface area (Å²) in [6.07, 6.45) is 6.43. The molecule has 1 saturated heterocycles. The third-order valence-electron chi connectivity index (χ3n) is 6.03. The van der Waals surface area contributed by atoms with E-state index < -0.39 is 5.41 Å². The van der Waals surface area contributed by atoms with Crippen LogP contribution in [0.2, 0.25) is 0 Å². The molecule has 7 heteroatoms. The molecule has 2 aromatic heterocycles. The average Bonchev–Trinajstić information content (AvgIpc) is 3.06. The first-order valence-corrected chi connectivity index (χ1v) is 9.43. The smallest absolute Gasteiger partial charge is 0.228 e. The number of nitrogens with one attached hydrogen (secondary N) is 2. The fourth-order valence-corrected chi connectivity index (χ4v) is 5.55.